The predicted molar refractivity (Wildman–Crippen MR) is 152 cm³/mol. The van der Waals surface area contributed by atoms with E-state index in [1.165, 1.54) is 35.2 Å². The summed E-state index contributed by atoms with van der Waals surface area (Å²) in [6.45, 7) is 0. The molecule has 3 amide bonds. The van der Waals surface area contributed by atoms with Crippen LogP contribution in [0.1, 0.15) is 48.9 Å². The fourth-order valence-corrected chi connectivity index (χ4v) is 7.82. The van der Waals surface area contributed by atoms with Crippen LogP contribution in [-0.4, -0.2) is 28.8 Å². The molecular formula is C32H21BrN2O5. The van der Waals surface area contributed by atoms with Gasteiger partial charge in [0.05, 0.1) is 27.4 Å². The summed E-state index contributed by atoms with van der Waals surface area (Å²) in [6.07, 6.45) is 0. The van der Waals surface area contributed by atoms with Crippen LogP contribution in [0.15, 0.2) is 97.1 Å². The molecule has 3 aliphatic carbocycles. The molecule has 1 saturated heterocycles. The van der Waals surface area contributed by atoms with Crippen molar-refractivity contribution < 1.29 is 24.3 Å². The molecule has 8 heteroatoms. The first-order chi connectivity index (χ1) is 19.3. The van der Waals surface area contributed by atoms with E-state index >= 15 is 0 Å². The second-order valence-corrected chi connectivity index (χ2v) is 11.5. The average molecular weight is 593 g/mol. The van der Waals surface area contributed by atoms with Crippen LogP contribution in [0.25, 0.3) is 0 Å². The number of carboxylic acids is 1. The van der Waals surface area contributed by atoms with Crippen molar-refractivity contribution in [3.63, 3.8) is 0 Å². The van der Waals surface area contributed by atoms with Gasteiger partial charge in [-0.1, -0.05) is 70.5 Å². The van der Waals surface area contributed by atoms with Crippen LogP contribution in [0.2, 0.25) is 0 Å². The van der Waals surface area contributed by atoms with Gasteiger partial charge in [-0.05, 0) is 64.7 Å². The third-order valence-electron chi connectivity index (χ3n) is 8.27. The summed E-state index contributed by atoms with van der Waals surface area (Å²) in [5.41, 5.74) is 5.23. The summed E-state index contributed by atoms with van der Waals surface area (Å²) in [7, 11) is 0. The largest absolute Gasteiger partial charge is 0.478 e. The molecule has 0 unspecified atom stereocenters. The molecule has 4 aromatic carbocycles. The maximum absolute atomic E-state index is 14.2. The molecule has 1 aliphatic heterocycles. The first kappa shape index (κ1) is 24.5. The molecule has 1 heterocycles. The van der Waals surface area contributed by atoms with E-state index in [1.54, 1.807) is 18.2 Å². The van der Waals surface area contributed by atoms with Crippen molar-refractivity contribution in [3.05, 3.63) is 130 Å². The number of imide groups is 1. The van der Waals surface area contributed by atoms with Gasteiger partial charge in [0.2, 0.25) is 11.8 Å². The van der Waals surface area contributed by atoms with E-state index in [0.29, 0.717) is 11.4 Å². The SMILES string of the molecule is O=C(O)c1ccc(NC(=O)c2cccc(N3C(=O)[C@@H]4C5c6ccccc6C(Br)(c6ccccc65)[C@H]4C3=O)c2)cc1. The number of nitrogens with zero attached hydrogens (tertiary/aromatic N) is 1. The molecule has 4 aromatic rings. The second-order valence-electron chi connectivity index (χ2n) is 10.3. The molecule has 40 heavy (non-hydrogen) atoms. The Labute approximate surface area is 237 Å². The number of hydrogen-bond donors (Lipinski definition) is 2. The standard InChI is InChI=1S/C32H21BrN2O5/c33-32-23-10-3-1-8-21(23)25(22-9-2-4-11-24(22)32)26-27(32)30(38)35(29(26)37)20-7-5-6-18(16-20)28(36)34-19-14-12-17(13-15-19)31(39)40/h1-16,25-27H,(H,34,36)(H,39,40)/t25?,26-,27-,32?/m1/s1. The minimum atomic E-state index is -1.06. The fourth-order valence-electron chi connectivity index (χ4n) is 6.62. The van der Waals surface area contributed by atoms with E-state index in [2.05, 4.69) is 21.2 Å². The van der Waals surface area contributed by atoms with Gasteiger partial charge in [0, 0.05) is 17.2 Å². The van der Waals surface area contributed by atoms with Crippen molar-refractivity contribution in [2.75, 3.05) is 10.2 Å². The van der Waals surface area contributed by atoms with Gasteiger partial charge in [-0.25, -0.2) is 9.69 Å². The van der Waals surface area contributed by atoms with Gasteiger partial charge in [-0.3, -0.25) is 14.4 Å². The van der Waals surface area contributed by atoms with Crippen molar-refractivity contribution >= 4 is 51.0 Å². The molecule has 4 aliphatic rings. The smallest absolute Gasteiger partial charge is 0.335 e. The number of halogens is 1. The molecule has 1 fully saturated rings. The number of anilines is 2. The van der Waals surface area contributed by atoms with Crippen LogP contribution in [0.3, 0.4) is 0 Å². The van der Waals surface area contributed by atoms with Crippen LogP contribution < -0.4 is 10.2 Å². The minimum absolute atomic E-state index is 0.107. The zero-order valence-corrected chi connectivity index (χ0v) is 22.5. The number of rotatable bonds is 4. The van der Waals surface area contributed by atoms with E-state index in [1.807, 2.05) is 48.5 Å². The predicted octanol–water partition coefficient (Wildman–Crippen LogP) is 5.54. The van der Waals surface area contributed by atoms with E-state index in [-0.39, 0.29) is 28.9 Å². The maximum Gasteiger partial charge on any atom is 0.335 e. The van der Waals surface area contributed by atoms with Crippen LogP contribution >= 0.6 is 15.9 Å². The van der Waals surface area contributed by atoms with Gasteiger partial charge in [-0.2, -0.15) is 0 Å². The Bertz CT molecular complexity index is 1720. The monoisotopic (exact) mass is 592 g/mol. The van der Waals surface area contributed by atoms with Crippen LogP contribution in [0.4, 0.5) is 11.4 Å². The van der Waals surface area contributed by atoms with Crippen LogP contribution in [-0.2, 0) is 13.9 Å². The van der Waals surface area contributed by atoms with E-state index in [4.69, 9.17) is 5.11 Å². The quantitative estimate of drug-likeness (QED) is 0.239. The highest BCUT2D eigenvalue weighted by Crippen LogP contribution is 2.66. The molecule has 0 aromatic heterocycles. The van der Waals surface area contributed by atoms with Crippen molar-refractivity contribution in [3.8, 4) is 0 Å². The molecule has 0 saturated carbocycles. The Morgan fingerprint density at radius 1 is 0.775 bits per heavy atom. The Kier molecular flexibility index (Phi) is 5.34. The van der Waals surface area contributed by atoms with Gasteiger partial charge in [-0.15, -0.1) is 0 Å². The summed E-state index contributed by atoms with van der Waals surface area (Å²) in [5, 5.41) is 11.8. The number of amides is 3. The summed E-state index contributed by atoms with van der Waals surface area (Å²) in [6, 6.07) is 28.2. The van der Waals surface area contributed by atoms with Crippen molar-refractivity contribution in [2.45, 2.75) is 10.2 Å². The molecule has 196 valence electrons. The number of benzene rings is 4. The summed E-state index contributed by atoms with van der Waals surface area (Å²) in [4.78, 5) is 53.6. The Morgan fingerprint density at radius 2 is 1.40 bits per heavy atom. The zero-order valence-electron chi connectivity index (χ0n) is 20.9. The molecular weight excluding hydrogens is 572 g/mol. The van der Waals surface area contributed by atoms with Gasteiger partial charge in [0.15, 0.2) is 0 Å². The first-order valence-electron chi connectivity index (χ1n) is 12.8. The second kappa shape index (κ2) is 8.72. The van der Waals surface area contributed by atoms with Gasteiger partial charge >= 0.3 is 5.97 Å². The number of carbonyl (C=O) groups excluding carboxylic acids is 3. The highest BCUT2D eigenvalue weighted by molar-refractivity contribution is 9.09. The number of carbonyl (C=O) groups is 4. The topological polar surface area (TPSA) is 104 Å². The van der Waals surface area contributed by atoms with Gasteiger partial charge < -0.3 is 10.4 Å². The molecule has 0 spiro atoms. The Hall–Kier alpha value is -4.56. The highest BCUT2D eigenvalue weighted by Gasteiger charge is 2.67. The van der Waals surface area contributed by atoms with Crippen LogP contribution in [0, 0.1) is 11.8 Å². The number of carboxylic acid groups (broad SMARTS) is 1. The number of hydrogen-bond acceptors (Lipinski definition) is 4. The summed E-state index contributed by atoms with van der Waals surface area (Å²) < 4.78 is -0.849. The third-order valence-corrected chi connectivity index (χ3v) is 9.62. The van der Waals surface area contributed by atoms with E-state index in [0.717, 1.165) is 22.3 Å². The lowest BCUT2D eigenvalue weighted by atomic mass is 9.55. The molecule has 2 bridgehead atoms. The minimum Gasteiger partial charge on any atom is -0.478 e. The Morgan fingerprint density at radius 3 is 2.02 bits per heavy atom. The first-order valence-corrected chi connectivity index (χ1v) is 13.6. The van der Waals surface area contributed by atoms with Crippen molar-refractivity contribution in [1.82, 2.24) is 0 Å². The zero-order chi connectivity index (χ0) is 27.8. The van der Waals surface area contributed by atoms with Gasteiger partial charge in [0.25, 0.3) is 5.91 Å². The van der Waals surface area contributed by atoms with Gasteiger partial charge in [0.1, 0.15) is 0 Å². The lowest BCUT2D eigenvalue weighted by Gasteiger charge is -2.51. The Balaban J connectivity index is 1.25. The fraction of sp³-hybridized carbons (Fsp3) is 0.125. The lowest BCUT2D eigenvalue weighted by Crippen LogP contribution is -2.50. The van der Waals surface area contributed by atoms with E-state index < -0.39 is 28.0 Å². The maximum atomic E-state index is 14.2. The summed E-state index contributed by atoms with van der Waals surface area (Å²) in [5.74, 6) is -3.56. The third kappa shape index (κ3) is 3.29. The number of alkyl halides is 1. The van der Waals surface area contributed by atoms with E-state index in [9.17, 15) is 19.2 Å². The number of aromatic carboxylic acids is 1. The highest BCUT2D eigenvalue weighted by atomic mass is 79.9. The van der Waals surface area contributed by atoms with Crippen molar-refractivity contribution in [1.29, 1.82) is 0 Å². The lowest BCUT2D eigenvalue weighted by molar-refractivity contribution is -0.122. The molecule has 2 atom stereocenters. The van der Waals surface area contributed by atoms with Crippen LogP contribution in [0.5, 0.6) is 0 Å². The molecule has 8 rings (SSSR count). The summed E-state index contributed by atoms with van der Waals surface area (Å²) >= 11 is 3.99. The molecule has 7 nitrogen and oxygen atoms in total. The molecule has 0 radical (unpaired) electrons. The normalized spacial score (nSPS) is 23.8. The number of nitrogens with one attached hydrogen (secondary N) is 1. The van der Waals surface area contributed by atoms with Crippen molar-refractivity contribution in [2.24, 2.45) is 11.8 Å². The average Bonchev–Trinajstić information content (AvgIpc) is 3.24. The molecule has 2 N–H and O–H groups in total.